The quantitative estimate of drug-likeness (QED) is 0.432. The van der Waals surface area contributed by atoms with Crippen molar-refractivity contribution in [2.24, 2.45) is 5.92 Å². The Hall–Kier alpha value is -2.43. The van der Waals surface area contributed by atoms with E-state index in [0.29, 0.717) is 6.07 Å². The van der Waals surface area contributed by atoms with Crippen LogP contribution in [0.3, 0.4) is 0 Å². The van der Waals surface area contributed by atoms with Gasteiger partial charge in [0.2, 0.25) is 5.82 Å². The maximum Gasteiger partial charge on any atom is 0.451 e. The van der Waals surface area contributed by atoms with Crippen molar-refractivity contribution in [1.29, 1.82) is 0 Å². The molecular weight excluding hydrogens is 402 g/mol. The van der Waals surface area contributed by atoms with Gasteiger partial charge in [-0.2, -0.15) is 13.2 Å². The minimum Gasteiger partial charge on any atom is -0.297 e. The number of halogens is 6. The molecule has 2 heterocycles. The molecule has 2 unspecified atom stereocenters. The fourth-order valence-electron chi connectivity index (χ4n) is 3.51. The maximum absolute atomic E-state index is 13.8. The van der Waals surface area contributed by atoms with Gasteiger partial charge in [0, 0.05) is 6.07 Å². The van der Waals surface area contributed by atoms with Gasteiger partial charge in [-0.25, -0.2) is 18.0 Å². The lowest BCUT2D eigenvalue weighted by molar-refractivity contribution is -0.853. The number of hydrogen-bond donors (Lipinski definition) is 0. The fraction of sp³-hybridized carbons (Fsp3) is 0.500. The summed E-state index contributed by atoms with van der Waals surface area (Å²) in [6, 6.07) is 1.23. The molecule has 158 valence electrons. The van der Waals surface area contributed by atoms with Gasteiger partial charge < -0.3 is 0 Å². The molecule has 2 atom stereocenters. The summed E-state index contributed by atoms with van der Waals surface area (Å²) < 4.78 is 79.8. The molecule has 2 aromatic rings. The Balaban J connectivity index is 1.69. The van der Waals surface area contributed by atoms with Gasteiger partial charge in [-0.3, -0.25) is 9.05 Å². The van der Waals surface area contributed by atoms with Crippen molar-refractivity contribution in [3.8, 4) is 0 Å². The summed E-state index contributed by atoms with van der Waals surface area (Å²) in [5.41, 5.74) is -0.0416. The van der Waals surface area contributed by atoms with Gasteiger partial charge in [0.25, 0.3) is 0 Å². The van der Waals surface area contributed by atoms with Crippen LogP contribution in [0.1, 0.15) is 30.6 Å². The second kappa shape index (κ2) is 7.43. The first kappa shape index (κ1) is 21.3. The monoisotopic (exact) mass is 421 g/mol. The Morgan fingerprint density at radius 3 is 2.48 bits per heavy atom. The van der Waals surface area contributed by atoms with Crippen LogP contribution in [0.15, 0.2) is 12.1 Å². The third-order valence-electron chi connectivity index (χ3n) is 5.17. The molecule has 5 nitrogen and oxygen atoms in total. The van der Waals surface area contributed by atoms with Gasteiger partial charge in [0.15, 0.2) is 17.5 Å². The predicted molar refractivity (Wildman–Crippen MR) is 88.6 cm³/mol. The van der Waals surface area contributed by atoms with E-state index < -0.39 is 29.5 Å². The third-order valence-corrected chi connectivity index (χ3v) is 5.17. The average molecular weight is 421 g/mol. The molecule has 0 N–H and O–H groups in total. The molecule has 1 aliphatic rings. The van der Waals surface area contributed by atoms with E-state index in [1.807, 2.05) is 0 Å². The zero-order valence-electron chi connectivity index (χ0n) is 15.7. The van der Waals surface area contributed by atoms with Crippen LogP contribution in [0.5, 0.6) is 0 Å². The number of likely N-dealkylation sites (N-methyl/N-ethyl adjacent to an activating group) is 1. The summed E-state index contributed by atoms with van der Waals surface area (Å²) in [4.78, 5) is 12.8. The van der Waals surface area contributed by atoms with E-state index >= 15 is 0 Å². The van der Waals surface area contributed by atoms with Gasteiger partial charge >= 0.3 is 12.1 Å². The lowest BCUT2D eigenvalue weighted by atomic mass is 9.96. The first-order chi connectivity index (χ1) is 13.4. The van der Waals surface area contributed by atoms with Crippen LogP contribution in [0.4, 0.5) is 26.3 Å². The van der Waals surface area contributed by atoms with Crippen molar-refractivity contribution in [3.05, 3.63) is 46.8 Å². The van der Waals surface area contributed by atoms with Crippen LogP contribution in [-0.4, -0.2) is 38.7 Å². The van der Waals surface area contributed by atoms with Crippen molar-refractivity contribution in [2.75, 3.05) is 13.6 Å². The van der Waals surface area contributed by atoms with Crippen LogP contribution >= 0.6 is 0 Å². The molecule has 0 radical (unpaired) electrons. The summed E-state index contributed by atoms with van der Waals surface area (Å²) in [6.07, 6.45) is -4.61. The number of carbonyl (C=O) groups is 1. The molecule has 0 saturated carbocycles. The Kier molecular flexibility index (Phi) is 5.46. The van der Waals surface area contributed by atoms with Crippen molar-refractivity contribution >= 4 is 5.91 Å². The van der Waals surface area contributed by atoms with Gasteiger partial charge in [-0.05, 0) is 24.0 Å². The molecule has 1 amide bonds. The summed E-state index contributed by atoms with van der Waals surface area (Å²) >= 11 is 0. The second-order valence-corrected chi connectivity index (χ2v) is 7.63. The maximum atomic E-state index is 13.8. The molecule has 0 aliphatic carbocycles. The number of rotatable bonds is 4. The lowest BCUT2D eigenvalue weighted by Gasteiger charge is -2.35. The molecule has 0 spiro atoms. The van der Waals surface area contributed by atoms with Crippen LogP contribution in [0, 0.1) is 23.4 Å². The molecule has 0 saturated heterocycles. The number of fused-ring (bicyclic) bond motifs is 1. The second-order valence-electron chi connectivity index (χ2n) is 7.63. The van der Waals surface area contributed by atoms with Gasteiger partial charge in [-0.15, -0.1) is 10.2 Å². The smallest absolute Gasteiger partial charge is 0.297 e. The predicted octanol–water partition coefficient (Wildman–Crippen LogP) is 3.47. The summed E-state index contributed by atoms with van der Waals surface area (Å²) in [5.74, 6) is -5.02. The van der Waals surface area contributed by atoms with E-state index in [9.17, 15) is 31.1 Å². The Morgan fingerprint density at radius 2 is 1.83 bits per heavy atom. The Bertz CT molecular complexity index is 941. The van der Waals surface area contributed by atoms with Crippen molar-refractivity contribution < 1.29 is 35.6 Å². The number of aromatic nitrogens is 3. The molecule has 1 aromatic carbocycles. The highest BCUT2D eigenvalue weighted by atomic mass is 19.4. The first-order valence-corrected chi connectivity index (χ1v) is 8.91. The highest BCUT2D eigenvalue weighted by Gasteiger charge is 2.44. The normalized spacial score (nSPS) is 20.4. The summed E-state index contributed by atoms with van der Waals surface area (Å²) in [5, 5.41) is 6.77. The van der Waals surface area contributed by atoms with Crippen LogP contribution in [0.2, 0.25) is 0 Å². The Morgan fingerprint density at radius 1 is 1.17 bits per heavy atom. The van der Waals surface area contributed by atoms with Crippen molar-refractivity contribution in [3.63, 3.8) is 0 Å². The van der Waals surface area contributed by atoms with E-state index in [1.54, 1.807) is 14.0 Å². The van der Waals surface area contributed by atoms with E-state index in [0.717, 1.165) is 10.6 Å². The Labute approximate surface area is 162 Å². The molecular formula is C18H19F6N4O+. The van der Waals surface area contributed by atoms with Crippen molar-refractivity contribution in [2.45, 2.75) is 39.0 Å². The SMILES string of the molecule is CC(CC(=O)[N+]1(C)CCn2c(nnc2C(F)(F)F)C1)Cc1cc(F)c(F)cc1F. The summed E-state index contributed by atoms with van der Waals surface area (Å²) in [7, 11) is 1.60. The number of quaternary nitrogens is 1. The molecule has 0 bridgehead atoms. The van der Waals surface area contributed by atoms with Gasteiger partial charge in [-0.1, -0.05) is 6.92 Å². The third kappa shape index (κ3) is 4.29. The van der Waals surface area contributed by atoms with Gasteiger partial charge in [0.05, 0.1) is 20.0 Å². The van der Waals surface area contributed by atoms with Crippen LogP contribution in [0.25, 0.3) is 0 Å². The van der Waals surface area contributed by atoms with E-state index in [1.165, 1.54) is 0 Å². The standard InChI is InChI=1S/C18H19F6N4O/c1-10(5-11-7-13(20)14(21)8-12(11)19)6-16(29)28(2)4-3-27-15(9-28)25-26-17(27)18(22,23)24/h7-8,10H,3-6,9H2,1-2H3/q+1. The molecule has 11 heteroatoms. The lowest BCUT2D eigenvalue weighted by Crippen LogP contribution is -2.54. The number of carbonyl (C=O) groups excluding carboxylic acids is 1. The van der Waals surface area contributed by atoms with Crippen LogP contribution < -0.4 is 0 Å². The molecule has 1 aliphatic heterocycles. The first-order valence-electron chi connectivity index (χ1n) is 8.91. The van der Waals surface area contributed by atoms with E-state index in [4.69, 9.17) is 0 Å². The zero-order valence-corrected chi connectivity index (χ0v) is 15.7. The largest absolute Gasteiger partial charge is 0.451 e. The fourth-order valence-corrected chi connectivity index (χ4v) is 3.51. The number of alkyl halides is 3. The topological polar surface area (TPSA) is 47.8 Å². The average Bonchev–Trinajstić information content (AvgIpc) is 3.02. The number of benzene rings is 1. The van der Waals surface area contributed by atoms with Crippen molar-refractivity contribution in [1.82, 2.24) is 14.8 Å². The van der Waals surface area contributed by atoms with Crippen LogP contribution in [-0.2, 0) is 30.5 Å². The molecule has 3 rings (SSSR count). The van der Waals surface area contributed by atoms with Gasteiger partial charge in [0.1, 0.15) is 18.9 Å². The number of hydrogen-bond acceptors (Lipinski definition) is 3. The van der Waals surface area contributed by atoms with E-state index in [-0.39, 0.29) is 60.2 Å². The number of nitrogens with zero attached hydrogens (tertiary/aromatic N) is 4. The van der Waals surface area contributed by atoms with E-state index in [2.05, 4.69) is 10.2 Å². The summed E-state index contributed by atoms with van der Waals surface area (Å²) in [6.45, 7) is 1.68. The molecule has 0 fully saturated rings. The number of amides is 1. The highest BCUT2D eigenvalue weighted by molar-refractivity contribution is 5.69. The minimum atomic E-state index is -4.63. The molecule has 1 aromatic heterocycles. The highest BCUT2D eigenvalue weighted by Crippen LogP contribution is 2.31. The molecule has 29 heavy (non-hydrogen) atoms. The zero-order chi connectivity index (χ0) is 21.6. The minimum absolute atomic E-state index is 0.00476.